The van der Waals surface area contributed by atoms with Crippen molar-refractivity contribution in [3.63, 3.8) is 0 Å². The number of rotatable bonds is 3. The van der Waals surface area contributed by atoms with Gasteiger partial charge in [0.1, 0.15) is 11.6 Å². The van der Waals surface area contributed by atoms with E-state index in [0.717, 1.165) is 24.3 Å². The molecule has 3 nitrogen and oxygen atoms in total. The van der Waals surface area contributed by atoms with Gasteiger partial charge in [0, 0.05) is 11.1 Å². The number of ether oxygens (including phenoxy) is 1. The number of carboxylic acids is 1. The molecule has 7 heteroatoms. The first kappa shape index (κ1) is 14.8. The normalized spacial score (nSPS) is 11.2. The first-order valence-electron chi connectivity index (χ1n) is 5.64. The molecule has 2 aromatic carbocycles. The van der Waals surface area contributed by atoms with Crippen molar-refractivity contribution < 1.29 is 32.2 Å². The fourth-order valence-corrected chi connectivity index (χ4v) is 1.77. The molecular weight excluding hydrogens is 292 g/mol. The van der Waals surface area contributed by atoms with E-state index in [9.17, 15) is 27.5 Å². The summed E-state index contributed by atoms with van der Waals surface area (Å²) in [5, 5.41) is 10.8. The molecule has 0 aliphatic rings. The van der Waals surface area contributed by atoms with E-state index in [1.807, 2.05) is 0 Å². The molecule has 0 saturated heterocycles. The molecule has 0 aromatic heterocycles. The van der Waals surface area contributed by atoms with E-state index in [4.69, 9.17) is 0 Å². The van der Waals surface area contributed by atoms with Crippen molar-refractivity contribution in [2.75, 3.05) is 0 Å². The molecule has 0 N–H and O–H groups in total. The minimum Gasteiger partial charge on any atom is -0.545 e. The van der Waals surface area contributed by atoms with Crippen LogP contribution in [-0.2, 0) is 0 Å². The number of benzene rings is 2. The molecule has 0 atom stereocenters. The van der Waals surface area contributed by atoms with Crippen LogP contribution in [0.4, 0.5) is 17.6 Å². The highest BCUT2D eigenvalue weighted by atomic mass is 19.4. The van der Waals surface area contributed by atoms with Crippen LogP contribution in [0.5, 0.6) is 5.75 Å². The predicted octanol–water partition coefficient (Wildman–Crippen LogP) is 2.75. The van der Waals surface area contributed by atoms with Gasteiger partial charge >= 0.3 is 6.36 Å². The number of alkyl halides is 3. The first-order chi connectivity index (χ1) is 9.78. The highest BCUT2D eigenvalue weighted by Crippen LogP contribution is 2.34. The van der Waals surface area contributed by atoms with Gasteiger partial charge in [-0.05, 0) is 23.8 Å². The second-order valence-corrected chi connectivity index (χ2v) is 4.03. The third-order valence-corrected chi connectivity index (χ3v) is 2.61. The maximum Gasteiger partial charge on any atom is 0.573 e. The molecule has 0 heterocycles. The number of carbonyl (C=O) groups is 1. The van der Waals surface area contributed by atoms with Crippen molar-refractivity contribution >= 4 is 5.97 Å². The molecule has 21 heavy (non-hydrogen) atoms. The Morgan fingerprint density at radius 2 is 1.76 bits per heavy atom. The quantitative estimate of drug-likeness (QED) is 0.819. The maximum atomic E-state index is 13.3. The van der Waals surface area contributed by atoms with Gasteiger partial charge in [-0.15, -0.1) is 13.2 Å². The number of hydrogen-bond acceptors (Lipinski definition) is 3. The monoisotopic (exact) mass is 299 g/mol. The van der Waals surface area contributed by atoms with Crippen molar-refractivity contribution in [2.24, 2.45) is 0 Å². The zero-order valence-corrected chi connectivity index (χ0v) is 10.3. The van der Waals surface area contributed by atoms with Gasteiger partial charge in [-0.1, -0.05) is 24.3 Å². The summed E-state index contributed by atoms with van der Waals surface area (Å²) in [5.41, 5.74) is -0.693. The lowest BCUT2D eigenvalue weighted by atomic mass is 10.0. The smallest absolute Gasteiger partial charge is 0.545 e. The van der Waals surface area contributed by atoms with Crippen LogP contribution in [0.1, 0.15) is 10.4 Å². The lowest BCUT2D eigenvalue weighted by Crippen LogP contribution is -2.23. The average molecular weight is 299 g/mol. The third kappa shape index (κ3) is 3.50. The Bertz CT molecular complexity index is 680. The molecule has 0 amide bonds. The van der Waals surface area contributed by atoms with Crippen LogP contribution in [0.25, 0.3) is 11.1 Å². The van der Waals surface area contributed by atoms with Crippen LogP contribution in [0.3, 0.4) is 0 Å². The molecule has 0 saturated carbocycles. The van der Waals surface area contributed by atoms with Crippen LogP contribution in [0, 0.1) is 5.82 Å². The fourth-order valence-electron chi connectivity index (χ4n) is 1.77. The Morgan fingerprint density at radius 1 is 1.10 bits per heavy atom. The summed E-state index contributed by atoms with van der Waals surface area (Å²) in [6, 6.07) is 8.03. The standard InChI is InChI=1S/C14H8F4O3/c15-11-6-5-8(7-10(11)13(19)20)9-3-1-2-4-12(9)21-14(16,17)18/h1-7H,(H,19,20)/p-1. The summed E-state index contributed by atoms with van der Waals surface area (Å²) in [5.74, 6) is -3.31. The maximum absolute atomic E-state index is 13.3. The van der Waals surface area contributed by atoms with Gasteiger partial charge in [0.15, 0.2) is 0 Å². The van der Waals surface area contributed by atoms with Crippen LogP contribution in [0.15, 0.2) is 42.5 Å². The first-order valence-corrected chi connectivity index (χ1v) is 5.64. The Morgan fingerprint density at radius 3 is 2.38 bits per heavy atom. The predicted molar refractivity (Wildman–Crippen MR) is 62.8 cm³/mol. The zero-order valence-electron chi connectivity index (χ0n) is 10.3. The Hall–Kier alpha value is -2.57. The van der Waals surface area contributed by atoms with E-state index in [-0.39, 0.29) is 11.1 Å². The van der Waals surface area contributed by atoms with Crippen LogP contribution in [-0.4, -0.2) is 12.3 Å². The lowest BCUT2D eigenvalue weighted by Gasteiger charge is -2.14. The summed E-state index contributed by atoms with van der Waals surface area (Å²) >= 11 is 0. The van der Waals surface area contributed by atoms with Gasteiger partial charge in [0.05, 0.1) is 5.97 Å². The second kappa shape index (κ2) is 5.43. The van der Waals surface area contributed by atoms with Crippen molar-refractivity contribution in [3.05, 3.63) is 53.8 Å². The van der Waals surface area contributed by atoms with Gasteiger partial charge in [0.25, 0.3) is 0 Å². The van der Waals surface area contributed by atoms with Crippen LogP contribution >= 0.6 is 0 Å². The number of para-hydroxylation sites is 1. The van der Waals surface area contributed by atoms with E-state index in [2.05, 4.69) is 4.74 Å². The Labute approximate surface area is 116 Å². The van der Waals surface area contributed by atoms with Gasteiger partial charge in [-0.25, -0.2) is 4.39 Å². The molecular formula is C14H7F4O3-. The molecule has 2 rings (SSSR count). The molecule has 0 radical (unpaired) electrons. The van der Waals surface area contributed by atoms with Crippen molar-refractivity contribution in [1.29, 1.82) is 0 Å². The van der Waals surface area contributed by atoms with E-state index in [1.165, 1.54) is 18.2 Å². The molecule has 0 aliphatic heterocycles. The zero-order chi connectivity index (χ0) is 15.6. The van der Waals surface area contributed by atoms with Gasteiger partial charge < -0.3 is 14.6 Å². The average Bonchev–Trinajstić information content (AvgIpc) is 2.38. The SMILES string of the molecule is O=C([O-])c1cc(-c2ccccc2OC(F)(F)F)ccc1F. The van der Waals surface area contributed by atoms with E-state index < -0.39 is 29.5 Å². The largest absolute Gasteiger partial charge is 0.573 e. The number of carboxylic acid groups (broad SMARTS) is 1. The number of halogens is 4. The lowest BCUT2D eigenvalue weighted by molar-refractivity contribution is -0.274. The highest BCUT2D eigenvalue weighted by molar-refractivity contribution is 5.88. The van der Waals surface area contributed by atoms with E-state index >= 15 is 0 Å². The van der Waals surface area contributed by atoms with Gasteiger partial charge in [-0.2, -0.15) is 0 Å². The number of carbonyl (C=O) groups excluding carboxylic acids is 1. The van der Waals surface area contributed by atoms with Crippen LogP contribution < -0.4 is 9.84 Å². The number of aromatic carboxylic acids is 1. The van der Waals surface area contributed by atoms with Crippen LogP contribution in [0.2, 0.25) is 0 Å². The fraction of sp³-hybridized carbons (Fsp3) is 0.0714. The second-order valence-electron chi connectivity index (χ2n) is 4.03. The minimum absolute atomic E-state index is 0.0164. The Balaban J connectivity index is 2.52. The summed E-state index contributed by atoms with van der Waals surface area (Å²) in [4.78, 5) is 10.8. The van der Waals surface area contributed by atoms with E-state index in [1.54, 1.807) is 0 Å². The molecule has 0 spiro atoms. The van der Waals surface area contributed by atoms with Crippen molar-refractivity contribution in [3.8, 4) is 16.9 Å². The number of hydrogen-bond donors (Lipinski definition) is 0. The van der Waals surface area contributed by atoms with Gasteiger partial charge in [0.2, 0.25) is 0 Å². The Kier molecular flexibility index (Phi) is 3.84. The topological polar surface area (TPSA) is 49.4 Å². The summed E-state index contributed by atoms with van der Waals surface area (Å²) < 4.78 is 54.1. The third-order valence-electron chi connectivity index (χ3n) is 2.61. The summed E-state index contributed by atoms with van der Waals surface area (Å²) in [6.45, 7) is 0. The molecule has 0 fully saturated rings. The highest BCUT2D eigenvalue weighted by Gasteiger charge is 2.32. The minimum atomic E-state index is -4.90. The van der Waals surface area contributed by atoms with E-state index in [0.29, 0.717) is 0 Å². The van der Waals surface area contributed by atoms with Crippen molar-refractivity contribution in [2.45, 2.75) is 6.36 Å². The summed E-state index contributed by atoms with van der Waals surface area (Å²) in [6.07, 6.45) is -4.90. The molecule has 0 bridgehead atoms. The molecule has 0 aliphatic carbocycles. The molecule has 110 valence electrons. The summed E-state index contributed by atoms with van der Waals surface area (Å²) in [7, 11) is 0. The van der Waals surface area contributed by atoms with Crippen molar-refractivity contribution in [1.82, 2.24) is 0 Å². The van der Waals surface area contributed by atoms with Gasteiger partial charge in [-0.3, -0.25) is 0 Å². The molecule has 0 unspecified atom stereocenters. The molecule has 2 aromatic rings.